The van der Waals surface area contributed by atoms with Crippen LogP contribution in [0.1, 0.15) is 74.5 Å². The average Bonchev–Trinajstić information content (AvgIpc) is 3.37. The molecular formula is C23H33N7O4. The van der Waals surface area contributed by atoms with Crippen molar-refractivity contribution in [1.82, 2.24) is 35.4 Å². The number of nitrogens with one attached hydrogen (secondary N) is 1. The molecule has 2 aromatic rings. The van der Waals surface area contributed by atoms with Gasteiger partial charge in [0.05, 0.1) is 17.5 Å². The third-order valence-corrected chi connectivity index (χ3v) is 6.71. The van der Waals surface area contributed by atoms with Gasteiger partial charge in [0, 0.05) is 37.2 Å². The zero-order chi connectivity index (χ0) is 24.8. The molecule has 1 aliphatic carbocycles. The summed E-state index contributed by atoms with van der Waals surface area (Å²) >= 11 is 0. The predicted octanol–water partition coefficient (Wildman–Crippen LogP) is 1.13. The number of rotatable bonds is 6. The molecule has 11 nitrogen and oxygen atoms in total. The lowest BCUT2D eigenvalue weighted by Crippen LogP contribution is -2.50. The summed E-state index contributed by atoms with van der Waals surface area (Å²) in [5, 5.41) is 39.3. The fraction of sp³-hybridized carbons (Fsp3) is 0.652. The van der Waals surface area contributed by atoms with Crippen LogP contribution in [0.4, 0.5) is 0 Å². The van der Waals surface area contributed by atoms with Gasteiger partial charge in [-0.3, -0.25) is 9.59 Å². The minimum Gasteiger partial charge on any atom is -0.492 e. The van der Waals surface area contributed by atoms with Gasteiger partial charge in [-0.2, -0.15) is 5.10 Å². The maximum atomic E-state index is 13.8. The van der Waals surface area contributed by atoms with Crippen molar-refractivity contribution >= 4 is 11.8 Å². The van der Waals surface area contributed by atoms with Crippen molar-refractivity contribution in [2.45, 2.75) is 84.5 Å². The molecule has 2 aliphatic rings. The minimum atomic E-state index is -0.836. The Morgan fingerprint density at radius 3 is 2.56 bits per heavy atom. The van der Waals surface area contributed by atoms with E-state index in [9.17, 15) is 19.8 Å². The van der Waals surface area contributed by atoms with Crippen molar-refractivity contribution in [2.75, 3.05) is 6.54 Å². The highest BCUT2D eigenvalue weighted by atomic mass is 16.3. The van der Waals surface area contributed by atoms with E-state index < -0.39 is 29.5 Å². The third kappa shape index (κ3) is 4.75. The molecule has 1 saturated carbocycles. The van der Waals surface area contributed by atoms with Gasteiger partial charge in [0.25, 0.3) is 0 Å². The van der Waals surface area contributed by atoms with Crippen LogP contribution in [0.15, 0.2) is 6.20 Å². The summed E-state index contributed by atoms with van der Waals surface area (Å²) in [5.74, 6) is -0.518. The molecule has 3 N–H and O–H groups in total. The smallest absolute Gasteiger partial charge is 0.248 e. The normalized spacial score (nSPS) is 21.5. The van der Waals surface area contributed by atoms with Crippen molar-refractivity contribution in [2.24, 2.45) is 5.41 Å². The quantitative estimate of drug-likeness (QED) is 0.568. The predicted molar refractivity (Wildman–Crippen MR) is 122 cm³/mol. The number of hydrogen-bond donors (Lipinski definition) is 3. The van der Waals surface area contributed by atoms with Crippen LogP contribution in [0.25, 0.3) is 0 Å². The molecule has 34 heavy (non-hydrogen) atoms. The van der Waals surface area contributed by atoms with Crippen LogP contribution in [0.3, 0.4) is 0 Å². The van der Waals surface area contributed by atoms with Crippen molar-refractivity contribution < 1.29 is 19.8 Å². The fourth-order valence-electron chi connectivity index (χ4n) is 4.47. The fourth-order valence-corrected chi connectivity index (χ4v) is 4.47. The molecule has 2 amide bonds. The standard InChI is InChI=1S/C23H33N7O4/c1-12-13(2)25-27-20(32)16(12)9-24-21(33)18-8-15(31)10-29(18)22(34)19(23(3,4)5)30-11-17(26-28-30)14-6-7-14/h11,14-15,18-19,31H,6-10H2,1-5H3,(H,24,33)(H,27,32)/t15?,18?,19-/m1/s1. The maximum Gasteiger partial charge on any atom is 0.248 e. The van der Waals surface area contributed by atoms with Gasteiger partial charge in [-0.05, 0) is 37.7 Å². The van der Waals surface area contributed by atoms with Crippen LogP contribution in [0.2, 0.25) is 0 Å². The molecule has 1 saturated heterocycles. The van der Waals surface area contributed by atoms with E-state index in [1.165, 1.54) is 4.90 Å². The van der Waals surface area contributed by atoms with Gasteiger partial charge in [0.15, 0.2) is 0 Å². The van der Waals surface area contributed by atoms with Crippen LogP contribution < -0.4 is 5.32 Å². The van der Waals surface area contributed by atoms with Gasteiger partial charge in [-0.1, -0.05) is 26.0 Å². The first-order valence-electron chi connectivity index (χ1n) is 11.7. The van der Waals surface area contributed by atoms with E-state index in [1.807, 2.05) is 27.0 Å². The second-order valence-electron chi connectivity index (χ2n) is 10.5. The monoisotopic (exact) mass is 471 g/mol. The Bertz CT molecular complexity index is 1090. The molecule has 0 bridgehead atoms. The summed E-state index contributed by atoms with van der Waals surface area (Å²) in [4.78, 5) is 28.3. The molecule has 0 aromatic carbocycles. The zero-order valence-corrected chi connectivity index (χ0v) is 20.3. The molecular weight excluding hydrogens is 438 g/mol. The van der Waals surface area contributed by atoms with Crippen LogP contribution in [0.5, 0.6) is 5.88 Å². The first-order chi connectivity index (χ1) is 16.0. The van der Waals surface area contributed by atoms with Gasteiger partial charge in [0.1, 0.15) is 12.1 Å². The second kappa shape index (κ2) is 8.94. The zero-order valence-electron chi connectivity index (χ0n) is 20.3. The summed E-state index contributed by atoms with van der Waals surface area (Å²) in [6.07, 6.45) is 3.32. The highest BCUT2D eigenvalue weighted by molar-refractivity contribution is 5.90. The highest BCUT2D eigenvalue weighted by Crippen LogP contribution is 2.40. The minimum absolute atomic E-state index is 0.0397. The van der Waals surface area contributed by atoms with E-state index in [1.54, 1.807) is 18.5 Å². The number of aliphatic hydroxyl groups excluding tert-OH is 1. The number of amides is 2. The number of carbonyl (C=O) groups is 2. The largest absolute Gasteiger partial charge is 0.492 e. The number of aliphatic hydroxyl groups is 1. The average molecular weight is 472 g/mol. The maximum absolute atomic E-state index is 13.8. The third-order valence-electron chi connectivity index (χ3n) is 6.71. The SMILES string of the molecule is Cc1nnc(O)c(CNC(=O)C2CC(O)CN2C(=O)[C@@H](n2cc(C3CC3)nn2)C(C)(C)C)c1C. The molecule has 0 spiro atoms. The van der Waals surface area contributed by atoms with Crippen molar-refractivity contribution in [3.63, 3.8) is 0 Å². The molecule has 3 atom stereocenters. The van der Waals surface area contributed by atoms with Gasteiger partial charge >= 0.3 is 0 Å². The van der Waals surface area contributed by atoms with E-state index in [-0.39, 0.29) is 31.3 Å². The lowest BCUT2D eigenvalue weighted by molar-refractivity contribution is -0.144. The molecule has 11 heteroatoms. The number of hydrogen-bond acceptors (Lipinski definition) is 8. The van der Waals surface area contributed by atoms with E-state index in [4.69, 9.17) is 0 Å². The first-order valence-corrected chi connectivity index (χ1v) is 11.7. The Labute approximate surface area is 198 Å². The second-order valence-corrected chi connectivity index (χ2v) is 10.5. The van der Waals surface area contributed by atoms with Crippen molar-refractivity contribution in [3.05, 3.63) is 28.7 Å². The van der Waals surface area contributed by atoms with Crippen LogP contribution in [0, 0.1) is 19.3 Å². The molecule has 184 valence electrons. The van der Waals surface area contributed by atoms with E-state index >= 15 is 0 Å². The summed E-state index contributed by atoms with van der Waals surface area (Å²) in [6.45, 7) is 9.50. The molecule has 2 aromatic heterocycles. The number of aromatic nitrogens is 5. The Hall–Kier alpha value is -3.08. The molecule has 0 radical (unpaired) electrons. The Morgan fingerprint density at radius 2 is 1.91 bits per heavy atom. The summed E-state index contributed by atoms with van der Waals surface area (Å²) in [7, 11) is 0. The summed E-state index contributed by atoms with van der Waals surface area (Å²) < 4.78 is 1.60. The first kappa shape index (κ1) is 24.1. The van der Waals surface area contributed by atoms with Crippen molar-refractivity contribution in [3.8, 4) is 5.88 Å². The summed E-state index contributed by atoms with van der Waals surface area (Å²) in [6, 6.07) is -1.51. The topological polar surface area (TPSA) is 146 Å². The van der Waals surface area contributed by atoms with Crippen LogP contribution in [-0.2, 0) is 16.1 Å². The van der Waals surface area contributed by atoms with E-state index in [2.05, 4.69) is 25.8 Å². The molecule has 2 unspecified atom stereocenters. The lowest BCUT2D eigenvalue weighted by Gasteiger charge is -2.34. The van der Waals surface area contributed by atoms with E-state index in [0.717, 1.165) is 24.1 Å². The van der Waals surface area contributed by atoms with Crippen LogP contribution in [-0.4, -0.2) is 70.8 Å². The molecule has 1 aliphatic heterocycles. The summed E-state index contributed by atoms with van der Waals surface area (Å²) in [5.41, 5.74) is 2.25. The number of β-amino-alcohol motifs (C(OH)–C–C–N with tert-alkyl or cyclic N) is 1. The highest BCUT2D eigenvalue weighted by Gasteiger charge is 2.45. The number of nitrogens with zero attached hydrogens (tertiary/aromatic N) is 6. The van der Waals surface area contributed by atoms with Gasteiger partial charge < -0.3 is 20.4 Å². The van der Waals surface area contributed by atoms with Crippen LogP contribution >= 0.6 is 0 Å². The lowest BCUT2D eigenvalue weighted by atomic mass is 9.85. The Kier molecular flexibility index (Phi) is 6.32. The van der Waals surface area contributed by atoms with E-state index in [0.29, 0.717) is 17.2 Å². The van der Waals surface area contributed by atoms with Gasteiger partial charge in [-0.15, -0.1) is 10.2 Å². The van der Waals surface area contributed by atoms with Crippen molar-refractivity contribution in [1.29, 1.82) is 0 Å². The number of aryl methyl sites for hydroxylation is 1. The number of likely N-dealkylation sites (tertiary alicyclic amines) is 1. The van der Waals surface area contributed by atoms with Gasteiger partial charge in [-0.25, -0.2) is 4.68 Å². The molecule has 2 fully saturated rings. The molecule has 4 rings (SSSR count). The number of carbonyl (C=O) groups excluding carboxylic acids is 2. The Balaban J connectivity index is 1.53. The Morgan fingerprint density at radius 1 is 1.21 bits per heavy atom. The molecule has 3 heterocycles. The van der Waals surface area contributed by atoms with Gasteiger partial charge in [0.2, 0.25) is 17.7 Å². The number of aromatic hydroxyl groups is 1.